The minimum atomic E-state index is -0.565. The summed E-state index contributed by atoms with van der Waals surface area (Å²) in [6.07, 6.45) is 1.75. The summed E-state index contributed by atoms with van der Waals surface area (Å²) in [5, 5.41) is 16.6. The molecule has 0 aliphatic carbocycles. The average Bonchev–Trinajstić information content (AvgIpc) is 2.50. The highest BCUT2D eigenvalue weighted by Gasteiger charge is 2.25. The first-order valence-electron chi connectivity index (χ1n) is 5.14. The van der Waals surface area contributed by atoms with E-state index in [1.807, 2.05) is 38.4 Å². The zero-order chi connectivity index (χ0) is 11.5. The van der Waals surface area contributed by atoms with Crippen molar-refractivity contribution < 1.29 is 0 Å². The lowest BCUT2D eigenvalue weighted by molar-refractivity contribution is 0.341. The maximum absolute atomic E-state index is 9.17. The van der Waals surface area contributed by atoms with Crippen LogP contribution in [0.2, 0.25) is 0 Å². The molecule has 82 valence electrons. The summed E-state index contributed by atoms with van der Waals surface area (Å²) in [5.74, 6) is 0. The number of nitrogens with zero attached hydrogens (tertiary/aromatic N) is 3. The predicted molar refractivity (Wildman–Crippen MR) is 59.3 cm³/mol. The van der Waals surface area contributed by atoms with Crippen LogP contribution in [0.3, 0.4) is 0 Å². The van der Waals surface area contributed by atoms with Crippen LogP contribution in [0.15, 0.2) is 12.3 Å². The Kier molecular flexibility index (Phi) is 3.48. The number of aromatic nitrogens is 2. The Hall–Kier alpha value is -1.34. The first-order chi connectivity index (χ1) is 6.97. The van der Waals surface area contributed by atoms with Crippen LogP contribution in [0.5, 0.6) is 0 Å². The Balaban J connectivity index is 2.78. The van der Waals surface area contributed by atoms with Crippen LogP contribution >= 0.6 is 0 Å². The van der Waals surface area contributed by atoms with Crippen molar-refractivity contribution in [3.63, 3.8) is 0 Å². The van der Waals surface area contributed by atoms with Crippen molar-refractivity contribution in [2.45, 2.75) is 45.8 Å². The van der Waals surface area contributed by atoms with E-state index in [9.17, 15) is 5.26 Å². The van der Waals surface area contributed by atoms with E-state index in [1.54, 1.807) is 6.20 Å². The van der Waals surface area contributed by atoms with Gasteiger partial charge in [-0.15, -0.1) is 0 Å². The second-order valence-electron chi connectivity index (χ2n) is 4.37. The zero-order valence-corrected chi connectivity index (χ0v) is 9.78. The van der Waals surface area contributed by atoms with Gasteiger partial charge < -0.3 is 0 Å². The van der Waals surface area contributed by atoms with E-state index in [2.05, 4.69) is 16.5 Å². The molecule has 0 fully saturated rings. The smallest absolute Gasteiger partial charge is 0.123 e. The van der Waals surface area contributed by atoms with E-state index in [1.165, 1.54) is 0 Å². The molecule has 15 heavy (non-hydrogen) atoms. The van der Waals surface area contributed by atoms with Crippen LogP contribution in [0.25, 0.3) is 0 Å². The highest BCUT2D eigenvalue weighted by Crippen LogP contribution is 2.09. The van der Waals surface area contributed by atoms with Gasteiger partial charge in [0.1, 0.15) is 5.54 Å². The quantitative estimate of drug-likeness (QED) is 0.811. The lowest BCUT2D eigenvalue weighted by atomic mass is 10.0. The number of aryl methyl sites for hydroxylation is 1. The third-order valence-corrected chi connectivity index (χ3v) is 2.25. The van der Waals surface area contributed by atoms with Crippen molar-refractivity contribution >= 4 is 0 Å². The Morgan fingerprint density at radius 1 is 1.67 bits per heavy atom. The van der Waals surface area contributed by atoms with E-state index in [4.69, 9.17) is 0 Å². The fourth-order valence-electron chi connectivity index (χ4n) is 1.61. The summed E-state index contributed by atoms with van der Waals surface area (Å²) in [6, 6.07) is 4.52. The van der Waals surface area contributed by atoms with Crippen LogP contribution in [0.4, 0.5) is 0 Å². The maximum atomic E-state index is 9.17. The molecule has 0 saturated heterocycles. The van der Waals surface area contributed by atoms with E-state index < -0.39 is 5.54 Å². The van der Waals surface area contributed by atoms with Crippen LogP contribution in [0.1, 0.15) is 26.5 Å². The first kappa shape index (κ1) is 11.7. The molecule has 1 atom stereocenters. The van der Waals surface area contributed by atoms with Crippen LogP contribution in [-0.2, 0) is 6.54 Å². The lowest BCUT2D eigenvalue weighted by Crippen LogP contribution is -2.48. The molecule has 0 aliphatic heterocycles. The maximum Gasteiger partial charge on any atom is 0.123 e. The van der Waals surface area contributed by atoms with Crippen molar-refractivity contribution in [2.24, 2.45) is 0 Å². The monoisotopic (exact) mass is 206 g/mol. The predicted octanol–water partition coefficient (Wildman–Crippen LogP) is 1.47. The molecule has 4 heteroatoms. The van der Waals surface area contributed by atoms with Gasteiger partial charge in [0.25, 0.3) is 0 Å². The van der Waals surface area contributed by atoms with Gasteiger partial charge in [-0.25, -0.2) is 0 Å². The van der Waals surface area contributed by atoms with Crippen molar-refractivity contribution in [1.82, 2.24) is 15.1 Å². The summed E-state index contributed by atoms with van der Waals surface area (Å²) in [6.45, 7) is 8.52. The normalized spacial score (nSPS) is 14.9. The van der Waals surface area contributed by atoms with Crippen molar-refractivity contribution in [2.75, 3.05) is 0 Å². The number of rotatable bonds is 4. The van der Waals surface area contributed by atoms with E-state index in [0.717, 1.165) is 5.69 Å². The van der Waals surface area contributed by atoms with Crippen LogP contribution < -0.4 is 5.32 Å². The molecule has 1 unspecified atom stereocenters. The Bertz CT molecular complexity index is 361. The van der Waals surface area contributed by atoms with Gasteiger partial charge in [0.15, 0.2) is 0 Å². The Morgan fingerprint density at radius 2 is 2.33 bits per heavy atom. The molecule has 1 heterocycles. The molecule has 0 spiro atoms. The number of hydrogen-bond acceptors (Lipinski definition) is 3. The lowest BCUT2D eigenvalue weighted by Gasteiger charge is -2.26. The molecule has 0 aromatic carbocycles. The molecule has 0 radical (unpaired) electrons. The van der Waals surface area contributed by atoms with Gasteiger partial charge in [0.2, 0.25) is 0 Å². The number of hydrogen-bond donors (Lipinski definition) is 1. The fraction of sp³-hybridized carbons (Fsp3) is 0.636. The number of nitrogens with one attached hydrogen (secondary N) is 1. The summed E-state index contributed by atoms with van der Waals surface area (Å²) in [7, 11) is 0. The second kappa shape index (κ2) is 4.45. The van der Waals surface area contributed by atoms with Gasteiger partial charge in [0, 0.05) is 17.9 Å². The molecule has 1 N–H and O–H groups in total. The highest BCUT2D eigenvalue weighted by atomic mass is 15.3. The van der Waals surface area contributed by atoms with Crippen molar-refractivity contribution in [3.8, 4) is 6.07 Å². The van der Waals surface area contributed by atoms with Gasteiger partial charge in [-0.1, -0.05) is 0 Å². The molecule has 1 aromatic rings. The van der Waals surface area contributed by atoms with Crippen LogP contribution in [0, 0.1) is 18.3 Å². The fourth-order valence-corrected chi connectivity index (χ4v) is 1.61. The van der Waals surface area contributed by atoms with Crippen molar-refractivity contribution in [1.29, 1.82) is 5.26 Å². The van der Waals surface area contributed by atoms with E-state index >= 15 is 0 Å². The molecule has 1 rings (SSSR count). The molecule has 0 aliphatic rings. The third-order valence-electron chi connectivity index (χ3n) is 2.25. The molecule has 0 amide bonds. The first-order valence-corrected chi connectivity index (χ1v) is 5.14. The summed E-state index contributed by atoms with van der Waals surface area (Å²) >= 11 is 0. The Labute approximate surface area is 90.9 Å². The standard InChI is InChI=1S/C11H18N4/c1-9(2)14-11(4,7-12)8-15-10(3)5-6-13-15/h5-6,9,14H,8H2,1-4H3. The van der Waals surface area contributed by atoms with Gasteiger partial charge in [-0.2, -0.15) is 10.4 Å². The highest BCUT2D eigenvalue weighted by molar-refractivity contribution is 5.07. The van der Waals surface area contributed by atoms with Gasteiger partial charge in [-0.3, -0.25) is 10.00 Å². The third kappa shape index (κ3) is 3.07. The summed E-state index contributed by atoms with van der Waals surface area (Å²) in [5.41, 5.74) is 0.507. The van der Waals surface area contributed by atoms with E-state index in [0.29, 0.717) is 6.54 Å². The summed E-state index contributed by atoms with van der Waals surface area (Å²) < 4.78 is 1.85. The average molecular weight is 206 g/mol. The molecular weight excluding hydrogens is 188 g/mol. The van der Waals surface area contributed by atoms with Gasteiger partial charge >= 0.3 is 0 Å². The molecule has 4 nitrogen and oxygen atoms in total. The topological polar surface area (TPSA) is 53.6 Å². The van der Waals surface area contributed by atoms with Gasteiger partial charge in [-0.05, 0) is 33.8 Å². The van der Waals surface area contributed by atoms with Gasteiger partial charge in [0.05, 0.1) is 12.6 Å². The molecule has 0 saturated carbocycles. The summed E-state index contributed by atoms with van der Waals surface area (Å²) in [4.78, 5) is 0. The SMILES string of the molecule is Cc1ccnn1CC(C)(C#N)NC(C)C. The second-order valence-corrected chi connectivity index (χ2v) is 4.37. The zero-order valence-electron chi connectivity index (χ0n) is 9.78. The van der Waals surface area contributed by atoms with E-state index in [-0.39, 0.29) is 6.04 Å². The largest absolute Gasteiger partial charge is 0.296 e. The molecular formula is C11H18N4. The number of nitriles is 1. The molecule has 1 aromatic heterocycles. The van der Waals surface area contributed by atoms with Crippen molar-refractivity contribution in [3.05, 3.63) is 18.0 Å². The van der Waals surface area contributed by atoms with Crippen LogP contribution in [-0.4, -0.2) is 21.4 Å². The molecule has 0 bridgehead atoms. The Morgan fingerprint density at radius 3 is 2.73 bits per heavy atom. The minimum Gasteiger partial charge on any atom is -0.296 e. The minimum absolute atomic E-state index is 0.283.